The summed E-state index contributed by atoms with van der Waals surface area (Å²) in [5.74, 6) is -0.259. The summed E-state index contributed by atoms with van der Waals surface area (Å²) in [4.78, 5) is 10.9. The summed E-state index contributed by atoms with van der Waals surface area (Å²) in [6.07, 6.45) is 1.61. The Kier molecular flexibility index (Phi) is 7.00. The first kappa shape index (κ1) is 20.9. The molecule has 0 amide bonds. The molecule has 0 aliphatic rings. The van der Waals surface area contributed by atoms with Gasteiger partial charge in [-0.2, -0.15) is 5.10 Å². The highest BCUT2D eigenvalue weighted by molar-refractivity contribution is 5.88. The molecule has 154 valence electrons. The van der Waals surface area contributed by atoms with E-state index < -0.39 is 5.97 Å². The third-order valence-electron chi connectivity index (χ3n) is 4.15. The Morgan fingerprint density at radius 1 is 1.07 bits per heavy atom. The van der Waals surface area contributed by atoms with Gasteiger partial charge in [0.2, 0.25) is 0 Å². The van der Waals surface area contributed by atoms with Gasteiger partial charge in [-0.15, -0.1) is 0 Å². The van der Waals surface area contributed by atoms with Gasteiger partial charge < -0.3 is 14.6 Å². The Hall–Kier alpha value is -3.87. The van der Waals surface area contributed by atoms with E-state index in [9.17, 15) is 9.18 Å². The van der Waals surface area contributed by atoms with Gasteiger partial charge in [-0.25, -0.2) is 9.18 Å². The highest BCUT2D eigenvalue weighted by Crippen LogP contribution is 2.29. The molecule has 0 spiro atoms. The Labute approximate surface area is 173 Å². The molecule has 3 rings (SSSR count). The van der Waals surface area contributed by atoms with Crippen LogP contribution in [0.2, 0.25) is 0 Å². The van der Waals surface area contributed by atoms with Crippen LogP contribution in [0.25, 0.3) is 0 Å². The zero-order valence-electron chi connectivity index (χ0n) is 16.3. The van der Waals surface area contributed by atoms with E-state index in [4.69, 9.17) is 14.6 Å². The number of benzene rings is 3. The van der Waals surface area contributed by atoms with E-state index in [1.165, 1.54) is 18.2 Å². The predicted octanol–water partition coefficient (Wildman–Crippen LogP) is 4.95. The number of carboxylic acid groups (broad SMARTS) is 1. The molecule has 0 atom stereocenters. The summed E-state index contributed by atoms with van der Waals surface area (Å²) in [5.41, 5.74) is 4.94. The molecule has 30 heavy (non-hydrogen) atoms. The maximum Gasteiger partial charge on any atom is 0.335 e. The fourth-order valence-electron chi connectivity index (χ4n) is 2.63. The lowest BCUT2D eigenvalue weighted by molar-refractivity contribution is 0.0697. The SMILES string of the molecule is CCOc1cc(/C=N/Nc2ccc(C(=O)O)cc2)ccc1OCc1ccccc1F. The highest BCUT2D eigenvalue weighted by atomic mass is 19.1. The van der Waals surface area contributed by atoms with Crippen LogP contribution in [0.3, 0.4) is 0 Å². The minimum atomic E-state index is -0.981. The van der Waals surface area contributed by atoms with Crippen molar-refractivity contribution in [2.45, 2.75) is 13.5 Å². The number of halogens is 1. The lowest BCUT2D eigenvalue weighted by atomic mass is 10.2. The van der Waals surface area contributed by atoms with Crippen LogP contribution >= 0.6 is 0 Å². The first-order valence-electron chi connectivity index (χ1n) is 9.32. The topological polar surface area (TPSA) is 80.2 Å². The Morgan fingerprint density at radius 2 is 1.83 bits per heavy atom. The standard InChI is InChI=1S/C23H21FN2O4/c1-2-29-22-13-16(14-25-26-19-10-8-17(9-11-19)23(27)28)7-12-21(22)30-15-18-5-3-4-6-20(18)24/h3-14,26H,2,15H2,1H3,(H,27,28)/b25-14+. The van der Waals surface area contributed by atoms with Crippen molar-refractivity contribution in [2.75, 3.05) is 12.0 Å². The first-order chi connectivity index (χ1) is 14.6. The van der Waals surface area contributed by atoms with E-state index in [-0.39, 0.29) is 18.0 Å². The van der Waals surface area contributed by atoms with Crippen LogP contribution in [-0.2, 0) is 6.61 Å². The van der Waals surface area contributed by atoms with Crippen molar-refractivity contribution in [1.82, 2.24) is 0 Å². The van der Waals surface area contributed by atoms with Gasteiger partial charge in [-0.05, 0) is 61.0 Å². The molecule has 0 aliphatic carbocycles. The van der Waals surface area contributed by atoms with Crippen molar-refractivity contribution < 1.29 is 23.8 Å². The number of aromatic carboxylic acids is 1. The number of nitrogens with one attached hydrogen (secondary N) is 1. The largest absolute Gasteiger partial charge is 0.490 e. The van der Waals surface area contributed by atoms with Gasteiger partial charge in [-0.1, -0.05) is 18.2 Å². The molecule has 0 bridgehead atoms. The summed E-state index contributed by atoms with van der Waals surface area (Å²) >= 11 is 0. The van der Waals surface area contributed by atoms with E-state index in [0.29, 0.717) is 29.4 Å². The van der Waals surface area contributed by atoms with Crippen LogP contribution in [0, 0.1) is 5.82 Å². The van der Waals surface area contributed by atoms with E-state index in [0.717, 1.165) is 5.56 Å². The van der Waals surface area contributed by atoms with E-state index in [1.807, 2.05) is 6.92 Å². The quantitative estimate of drug-likeness (QED) is 0.387. The Morgan fingerprint density at radius 3 is 2.53 bits per heavy atom. The van der Waals surface area contributed by atoms with Crippen molar-refractivity contribution in [2.24, 2.45) is 5.10 Å². The molecular weight excluding hydrogens is 387 g/mol. The van der Waals surface area contributed by atoms with Crippen molar-refractivity contribution >= 4 is 17.9 Å². The second kappa shape index (κ2) is 10.1. The van der Waals surface area contributed by atoms with Gasteiger partial charge in [0.1, 0.15) is 12.4 Å². The van der Waals surface area contributed by atoms with Gasteiger partial charge in [0, 0.05) is 5.56 Å². The third kappa shape index (κ3) is 5.57. The molecule has 0 saturated carbocycles. The van der Waals surface area contributed by atoms with Crippen molar-refractivity contribution in [1.29, 1.82) is 0 Å². The molecule has 6 nitrogen and oxygen atoms in total. The normalized spacial score (nSPS) is 10.7. The minimum Gasteiger partial charge on any atom is -0.490 e. The van der Waals surface area contributed by atoms with Crippen molar-refractivity contribution in [3.05, 3.63) is 89.2 Å². The number of ether oxygens (including phenoxy) is 2. The lowest BCUT2D eigenvalue weighted by Crippen LogP contribution is -2.02. The average Bonchev–Trinajstić information content (AvgIpc) is 2.75. The summed E-state index contributed by atoms with van der Waals surface area (Å²) in [6.45, 7) is 2.41. The maximum absolute atomic E-state index is 13.8. The number of carboxylic acids is 1. The second-order valence-electron chi connectivity index (χ2n) is 6.27. The van der Waals surface area contributed by atoms with E-state index in [2.05, 4.69) is 10.5 Å². The smallest absolute Gasteiger partial charge is 0.335 e. The summed E-state index contributed by atoms with van der Waals surface area (Å²) in [7, 11) is 0. The van der Waals surface area contributed by atoms with Crippen LogP contribution in [0.1, 0.15) is 28.4 Å². The molecule has 0 saturated heterocycles. The maximum atomic E-state index is 13.8. The van der Waals surface area contributed by atoms with Crippen molar-refractivity contribution in [3.63, 3.8) is 0 Å². The molecule has 0 aromatic heterocycles. The van der Waals surface area contributed by atoms with Gasteiger partial charge in [0.15, 0.2) is 11.5 Å². The molecule has 3 aromatic carbocycles. The monoisotopic (exact) mass is 408 g/mol. The zero-order chi connectivity index (χ0) is 21.3. The number of nitrogens with zero attached hydrogens (tertiary/aromatic N) is 1. The minimum absolute atomic E-state index is 0.0913. The van der Waals surface area contributed by atoms with Crippen molar-refractivity contribution in [3.8, 4) is 11.5 Å². The number of hydrazone groups is 1. The molecular formula is C23H21FN2O4. The lowest BCUT2D eigenvalue weighted by Gasteiger charge is -2.13. The molecule has 2 N–H and O–H groups in total. The summed E-state index contributed by atoms with van der Waals surface area (Å²) in [5, 5.41) is 13.1. The molecule has 0 heterocycles. The number of carbonyl (C=O) groups is 1. The Bertz CT molecular complexity index is 1040. The highest BCUT2D eigenvalue weighted by Gasteiger charge is 2.08. The second-order valence-corrected chi connectivity index (χ2v) is 6.27. The number of hydrogen-bond donors (Lipinski definition) is 2. The number of anilines is 1. The van der Waals surface area contributed by atoms with Crippen LogP contribution in [0.15, 0.2) is 71.8 Å². The van der Waals surface area contributed by atoms with Gasteiger partial charge in [0.25, 0.3) is 0 Å². The van der Waals surface area contributed by atoms with Crippen LogP contribution in [0.5, 0.6) is 11.5 Å². The van der Waals surface area contributed by atoms with Gasteiger partial charge in [-0.3, -0.25) is 5.43 Å². The third-order valence-corrected chi connectivity index (χ3v) is 4.15. The molecule has 0 fully saturated rings. The average molecular weight is 408 g/mol. The van der Waals surface area contributed by atoms with E-state index >= 15 is 0 Å². The van der Waals surface area contributed by atoms with Crippen LogP contribution in [-0.4, -0.2) is 23.9 Å². The van der Waals surface area contributed by atoms with Crippen LogP contribution < -0.4 is 14.9 Å². The molecule has 3 aromatic rings. The molecule has 0 aliphatic heterocycles. The predicted molar refractivity (Wildman–Crippen MR) is 113 cm³/mol. The zero-order valence-corrected chi connectivity index (χ0v) is 16.3. The molecule has 0 radical (unpaired) electrons. The molecule has 0 unspecified atom stereocenters. The van der Waals surface area contributed by atoms with Gasteiger partial charge in [0.05, 0.1) is 24.1 Å². The fraction of sp³-hybridized carbons (Fsp3) is 0.130. The summed E-state index contributed by atoms with van der Waals surface area (Å²) < 4.78 is 25.2. The van der Waals surface area contributed by atoms with E-state index in [1.54, 1.807) is 54.7 Å². The molecule has 7 heteroatoms. The first-order valence-corrected chi connectivity index (χ1v) is 9.32. The summed E-state index contributed by atoms with van der Waals surface area (Å²) in [6, 6.07) is 18.0. The number of hydrogen-bond acceptors (Lipinski definition) is 5. The number of rotatable bonds is 9. The van der Waals surface area contributed by atoms with Gasteiger partial charge >= 0.3 is 5.97 Å². The fourth-order valence-corrected chi connectivity index (χ4v) is 2.63. The van der Waals surface area contributed by atoms with Crippen LogP contribution in [0.4, 0.5) is 10.1 Å². The Balaban J connectivity index is 1.67.